The van der Waals surface area contributed by atoms with Crippen molar-refractivity contribution in [2.24, 2.45) is 0 Å². The second-order valence-corrected chi connectivity index (χ2v) is 5.13. The lowest BCUT2D eigenvalue weighted by Gasteiger charge is -2.01. The van der Waals surface area contributed by atoms with Crippen molar-refractivity contribution < 1.29 is 14.3 Å². The van der Waals surface area contributed by atoms with Crippen LogP contribution in [0.4, 0.5) is 10.7 Å². The van der Waals surface area contributed by atoms with Crippen LogP contribution in [-0.2, 0) is 4.74 Å². The number of carbonyl (C=O) groups excluding carboxylic acids is 2. The number of ketones is 1. The van der Waals surface area contributed by atoms with E-state index >= 15 is 0 Å². The van der Waals surface area contributed by atoms with Gasteiger partial charge in [0.25, 0.3) is 0 Å². The lowest BCUT2D eigenvalue weighted by molar-refractivity contribution is 0.103. The largest absolute Gasteiger partial charge is 0.453 e. The highest BCUT2D eigenvalue weighted by molar-refractivity contribution is 6.10. The number of benzene rings is 2. The fourth-order valence-electron chi connectivity index (χ4n) is 2.23. The number of aromatic amines is 1. The van der Waals surface area contributed by atoms with Gasteiger partial charge >= 0.3 is 6.09 Å². The van der Waals surface area contributed by atoms with Crippen molar-refractivity contribution in [3.63, 3.8) is 0 Å². The Balaban J connectivity index is 1.91. The number of methoxy groups -OCH3 is 1. The van der Waals surface area contributed by atoms with Crippen LogP contribution in [0.3, 0.4) is 0 Å². The second kappa shape index (κ2) is 5.92. The number of hydrogen-bond acceptors (Lipinski definition) is 4. The maximum atomic E-state index is 12.5. The van der Waals surface area contributed by atoms with E-state index in [2.05, 4.69) is 20.0 Å². The van der Waals surface area contributed by atoms with Gasteiger partial charge in [-0.15, -0.1) is 0 Å². The Labute approximate surface area is 132 Å². The van der Waals surface area contributed by atoms with Crippen molar-refractivity contribution in [3.8, 4) is 0 Å². The van der Waals surface area contributed by atoms with Gasteiger partial charge in [0.05, 0.1) is 18.1 Å². The number of carbonyl (C=O) groups is 2. The molecule has 6 nitrogen and oxygen atoms in total. The number of aromatic nitrogens is 2. The number of anilines is 1. The Hall–Kier alpha value is -3.15. The SMILES string of the molecule is COC(=O)Nc1nc2cc(C(=O)c3ccc(C)cc3)ccc2[nH]1. The van der Waals surface area contributed by atoms with Gasteiger partial charge in [0.2, 0.25) is 5.95 Å². The summed E-state index contributed by atoms with van der Waals surface area (Å²) in [7, 11) is 1.27. The number of ether oxygens (including phenoxy) is 1. The number of nitrogens with one attached hydrogen (secondary N) is 2. The molecule has 0 aliphatic carbocycles. The fraction of sp³-hybridized carbons (Fsp3) is 0.118. The lowest BCUT2D eigenvalue weighted by atomic mass is 10.0. The smallest absolute Gasteiger partial charge is 0.413 e. The van der Waals surface area contributed by atoms with Crippen molar-refractivity contribution >= 4 is 28.9 Å². The number of amides is 1. The van der Waals surface area contributed by atoms with Crippen LogP contribution in [0.5, 0.6) is 0 Å². The third kappa shape index (κ3) is 3.06. The molecule has 1 heterocycles. The summed E-state index contributed by atoms with van der Waals surface area (Å²) in [5.74, 6) is 0.198. The minimum atomic E-state index is -0.611. The molecule has 0 spiro atoms. The molecule has 0 saturated carbocycles. The molecule has 116 valence electrons. The molecule has 3 aromatic rings. The van der Waals surface area contributed by atoms with Gasteiger partial charge in [0.1, 0.15) is 0 Å². The van der Waals surface area contributed by atoms with Crippen LogP contribution in [-0.4, -0.2) is 29.0 Å². The maximum Gasteiger partial charge on any atom is 0.413 e. The molecule has 0 bridgehead atoms. The third-order valence-corrected chi connectivity index (χ3v) is 3.46. The van der Waals surface area contributed by atoms with E-state index < -0.39 is 6.09 Å². The molecule has 0 atom stereocenters. The molecular formula is C17H15N3O3. The van der Waals surface area contributed by atoms with Crippen LogP contribution in [0.2, 0.25) is 0 Å². The number of aryl methyl sites for hydroxylation is 1. The highest BCUT2D eigenvalue weighted by atomic mass is 16.5. The zero-order chi connectivity index (χ0) is 16.4. The predicted octanol–water partition coefficient (Wildman–Crippen LogP) is 3.28. The number of hydrogen-bond donors (Lipinski definition) is 2. The van der Waals surface area contributed by atoms with Gasteiger partial charge < -0.3 is 9.72 Å². The van der Waals surface area contributed by atoms with Gasteiger partial charge in [-0.05, 0) is 25.1 Å². The molecule has 1 aromatic heterocycles. The first-order valence-corrected chi connectivity index (χ1v) is 7.03. The molecular weight excluding hydrogens is 294 g/mol. The molecule has 0 fully saturated rings. The van der Waals surface area contributed by atoms with Crippen molar-refractivity contribution in [3.05, 3.63) is 59.2 Å². The number of rotatable bonds is 3. The third-order valence-electron chi connectivity index (χ3n) is 3.46. The Morgan fingerprint density at radius 1 is 1.09 bits per heavy atom. The molecule has 6 heteroatoms. The van der Waals surface area contributed by atoms with E-state index in [1.54, 1.807) is 30.3 Å². The summed E-state index contributed by atoms with van der Waals surface area (Å²) in [5.41, 5.74) is 3.57. The van der Waals surface area contributed by atoms with E-state index in [9.17, 15) is 9.59 Å². The molecule has 2 N–H and O–H groups in total. The first-order chi connectivity index (χ1) is 11.1. The Morgan fingerprint density at radius 2 is 1.78 bits per heavy atom. The molecule has 2 aromatic carbocycles. The minimum absolute atomic E-state index is 0.0719. The summed E-state index contributed by atoms with van der Waals surface area (Å²) < 4.78 is 4.52. The van der Waals surface area contributed by atoms with Gasteiger partial charge in [-0.25, -0.2) is 9.78 Å². The van der Waals surface area contributed by atoms with Crippen LogP contribution < -0.4 is 5.32 Å². The normalized spacial score (nSPS) is 10.5. The average Bonchev–Trinajstić information content (AvgIpc) is 2.96. The summed E-state index contributed by atoms with van der Waals surface area (Å²) in [5, 5.41) is 2.45. The van der Waals surface area contributed by atoms with E-state index in [1.165, 1.54) is 7.11 Å². The van der Waals surface area contributed by atoms with Crippen LogP contribution >= 0.6 is 0 Å². The molecule has 0 radical (unpaired) electrons. The summed E-state index contributed by atoms with van der Waals surface area (Å²) in [6.45, 7) is 1.97. The molecule has 3 rings (SSSR count). The van der Waals surface area contributed by atoms with Crippen LogP contribution in [0.25, 0.3) is 11.0 Å². The highest BCUT2D eigenvalue weighted by Crippen LogP contribution is 2.19. The molecule has 0 unspecified atom stereocenters. The van der Waals surface area contributed by atoms with E-state index in [1.807, 2.05) is 19.1 Å². The van der Waals surface area contributed by atoms with E-state index in [4.69, 9.17) is 0 Å². The van der Waals surface area contributed by atoms with E-state index in [-0.39, 0.29) is 11.7 Å². The first kappa shape index (κ1) is 14.8. The Bertz CT molecular complexity index is 882. The summed E-state index contributed by atoms with van der Waals surface area (Å²) in [6, 6.07) is 12.6. The van der Waals surface area contributed by atoms with Crippen molar-refractivity contribution in [1.29, 1.82) is 0 Å². The topological polar surface area (TPSA) is 84.1 Å². The van der Waals surface area contributed by atoms with Gasteiger partial charge in [-0.2, -0.15) is 0 Å². The Kier molecular flexibility index (Phi) is 3.80. The van der Waals surface area contributed by atoms with E-state index in [0.29, 0.717) is 16.6 Å². The van der Waals surface area contributed by atoms with Crippen LogP contribution in [0.15, 0.2) is 42.5 Å². The number of nitrogens with zero attached hydrogens (tertiary/aromatic N) is 1. The fourth-order valence-corrected chi connectivity index (χ4v) is 2.23. The molecule has 0 aliphatic heterocycles. The van der Waals surface area contributed by atoms with Crippen LogP contribution in [0.1, 0.15) is 21.5 Å². The van der Waals surface area contributed by atoms with Gasteiger partial charge in [-0.3, -0.25) is 10.1 Å². The van der Waals surface area contributed by atoms with Gasteiger partial charge in [0, 0.05) is 11.1 Å². The zero-order valence-corrected chi connectivity index (χ0v) is 12.7. The lowest BCUT2D eigenvalue weighted by Crippen LogP contribution is -2.11. The van der Waals surface area contributed by atoms with Crippen molar-refractivity contribution in [2.45, 2.75) is 6.92 Å². The second-order valence-electron chi connectivity index (χ2n) is 5.13. The van der Waals surface area contributed by atoms with Crippen molar-refractivity contribution in [1.82, 2.24) is 9.97 Å². The standard InChI is InChI=1S/C17H15N3O3/c1-10-3-5-11(6-4-10)15(21)12-7-8-13-14(9-12)19-16(18-13)20-17(22)23-2/h3-9H,1-2H3,(H2,18,19,20,22). The van der Waals surface area contributed by atoms with Gasteiger partial charge in [-0.1, -0.05) is 29.8 Å². The average molecular weight is 309 g/mol. The Morgan fingerprint density at radius 3 is 2.48 bits per heavy atom. The minimum Gasteiger partial charge on any atom is -0.453 e. The van der Waals surface area contributed by atoms with Crippen LogP contribution in [0, 0.1) is 6.92 Å². The molecule has 1 amide bonds. The highest BCUT2D eigenvalue weighted by Gasteiger charge is 2.12. The van der Waals surface area contributed by atoms with E-state index in [0.717, 1.165) is 11.1 Å². The maximum absolute atomic E-state index is 12.5. The predicted molar refractivity (Wildman–Crippen MR) is 86.7 cm³/mol. The molecule has 0 aliphatic rings. The number of fused-ring (bicyclic) bond motifs is 1. The van der Waals surface area contributed by atoms with Crippen molar-refractivity contribution in [2.75, 3.05) is 12.4 Å². The summed E-state index contributed by atoms with van der Waals surface area (Å²) in [4.78, 5) is 30.9. The number of imidazole rings is 1. The monoisotopic (exact) mass is 309 g/mol. The quantitative estimate of drug-likeness (QED) is 0.727. The zero-order valence-electron chi connectivity index (χ0n) is 12.7. The first-order valence-electron chi connectivity index (χ1n) is 7.03. The summed E-state index contributed by atoms with van der Waals surface area (Å²) >= 11 is 0. The van der Waals surface area contributed by atoms with Gasteiger partial charge in [0.15, 0.2) is 5.78 Å². The molecule has 0 saturated heterocycles. The molecule has 23 heavy (non-hydrogen) atoms. The summed E-state index contributed by atoms with van der Waals surface area (Å²) in [6.07, 6.45) is -0.611. The number of H-pyrrole nitrogens is 1.